The number of aromatic nitrogens is 2. The molecule has 128 valence electrons. The third-order valence-electron chi connectivity index (χ3n) is 4.14. The molecule has 2 N–H and O–H groups in total. The Morgan fingerprint density at radius 2 is 1.96 bits per heavy atom. The molecule has 0 spiro atoms. The summed E-state index contributed by atoms with van der Waals surface area (Å²) in [5, 5.41) is 0. The summed E-state index contributed by atoms with van der Waals surface area (Å²) in [4.78, 5) is 30.5. The first-order valence-electron chi connectivity index (χ1n) is 8.10. The van der Waals surface area contributed by atoms with Gasteiger partial charge in [-0.15, -0.1) is 0 Å². The van der Waals surface area contributed by atoms with Crippen LogP contribution in [0.3, 0.4) is 0 Å². The zero-order valence-electron chi connectivity index (χ0n) is 14.3. The molecule has 0 fully saturated rings. The van der Waals surface area contributed by atoms with Crippen LogP contribution in [0, 0.1) is 0 Å². The molecule has 0 aliphatic heterocycles. The molecule has 0 saturated heterocycles. The lowest BCUT2D eigenvalue weighted by Gasteiger charge is -2.20. The molecule has 0 aliphatic carbocycles. The molecule has 25 heavy (non-hydrogen) atoms. The van der Waals surface area contributed by atoms with Crippen molar-refractivity contribution in [2.24, 2.45) is 5.73 Å². The highest BCUT2D eigenvalue weighted by atomic mass is 16.1. The van der Waals surface area contributed by atoms with Crippen LogP contribution in [0.1, 0.15) is 22.8 Å². The molecule has 3 rings (SSSR count). The van der Waals surface area contributed by atoms with Crippen molar-refractivity contribution in [1.29, 1.82) is 0 Å². The fourth-order valence-corrected chi connectivity index (χ4v) is 2.91. The summed E-state index contributed by atoms with van der Waals surface area (Å²) in [6.45, 7) is 2.96. The number of nitrogens with zero attached hydrogens (tertiary/aromatic N) is 3. The number of aryl methyl sites for hydroxylation is 1. The number of hydrogen-bond acceptors (Lipinski definition) is 4. The van der Waals surface area contributed by atoms with Crippen LogP contribution in [-0.4, -0.2) is 22.5 Å². The van der Waals surface area contributed by atoms with E-state index < -0.39 is 5.91 Å². The van der Waals surface area contributed by atoms with Crippen molar-refractivity contribution in [3.8, 4) is 0 Å². The summed E-state index contributed by atoms with van der Waals surface area (Å²) in [5.74, 6) is -0.0910. The third-order valence-corrected chi connectivity index (χ3v) is 4.14. The van der Waals surface area contributed by atoms with Crippen molar-refractivity contribution < 1.29 is 4.79 Å². The van der Waals surface area contributed by atoms with E-state index in [9.17, 15) is 9.59 Å². The number of benzene rings is 2. The number of primary amides is 1. The molecule has 0 radical (unpaired) electrons. The Morgan fingerprint density at radius 1 is 1.20 bits per heavy atom. The Bertz CT molecular complexity index is 994. The first kappa shape index (κ1) is 16.7. The van der Waals surface area contributed by atoms with Gasteiger partial charge in [-0.1, -0.05) is 24.3 Å². The summed E-state index contributed by atoms with van der Waals surface area (Å²) in [5.41, 5.74) is 8.13. The zero-order valence-corrected chi connectivity index (χ0v) is 14.3. The Morgan fingerprint density at radius 3 is 2.68 bits per heavy atom. The van der Waals surface area contributed by atoms with Crippen molar-refractivity contribution in [3.63, 3.8) is 0 Å². The first-order valence-corrected chi connectivity index (χ1v) is 8.10. The number of rotatable bonds is 5. The lowest BCUT2D eigenvalue weighted by atomic mass is 10.1. The average Bonchev–Trinajstić information content (AvgIpc) is 2.61. The summed E-state index contributed by atoms with van der Waals surface area (Å²) in [6, 6.07) is 14.7. The predicted molar refractivity (Wildman–Crippen MR) is 98.7 cm³/mol. The molecule has 1 heterocycles. The molecule has 1 amide bonds. The minimum Gasteiger partial charge on any atom is -0.366 e. The van der Waals surface area contributed by atoms with Gasteiger partial charge in [0.2, 0.25) is 5.91 Å². The Hall–Kier alpha value is -3.15. The van der Waals surface area contributed by atoms with Gasteiger partial charge in [0.15, 0.2) is 5.82 Å². The second-order valence-electron chi connectivity index (χ2n) is 5.89. The van der Waals surface area contributed by atoms with Gasteiger partial charge in [-0.25, -0.2) is 4.98 Å². The quantitative estimate of drug-likeness (QED) is 0.774. The van der Waals surface area contributed by atoms with Crippen LogP contribution in [-0.2, 0) is 13.1 Å². The summed E-state index contributed by atoms with van der Waals surface area (Å²) >= 11 is 0. The molecule has 6 heteroatoms. The minimum atomic E-state index is -0.471. The monoisotopic (exact) mass is 336 g/mol. The summed E-state index contributed by atoms with van der Waals surface area (Å²) < 4.78 is 1.72. The maximum Gasteiger partial charge on any atom is 0.293 e. The van der Waals surface area contributed by atoms with E-state index in [4.69, 9.17) is 5.73 Å². The van der Waals surface area contributed by atoms with E-state index in [2.05, 4.69) is 4.98 Å². The predicted octanol–water partition coefficient (Wildman–Crippen LogP) is 2.15. The Balaban J connectivity index is 2.01. The Labute approximate surface area is 145 Å². The first-order chi connectivity index (χ1) is 12.0. The number of anilines is 1. The van der Waals surface area contributed by atoms with E-state index in [0.717, 1.165) is 16.6 Å². The van der Waals surface area contributed by atoms with Crippen LogP contribution in [0.4, 0.5) is 5.82 Å². The highest BCUT2D eigenvalue weighted by molar-refractivity contribution is 5.92. The molecule has 1 aromatic heterocycles. The fraction of sp³-hybridized carbons (Fsp3) is 0.211. The average molecular weight is 336 g/mol. The summed E-state index contributed by atoms with van der Waals surface area (Å²) in [6.07, 6.45) is 0. The second-order valence-corrected chi connectivity index (χ2v) is 5.89. The number of hydrogen-bond donors (Lipinski definition) is 1. The Kier molecular flexibility index (Phi) is 4.52. The maximum absolute atomic E-state index is 12.8. The van der Waals surface area contributed by atoms with Gasteiger partial charge in [0.1, 0.15) is 0 Å². The smallest absolute Gasteiger partial charge is 0.293 e. The van der Waals surface area contributed by atoms with Crippen molar-refractivity contribution in [1.82, 2.24) is 9.55 Å². The van der Waals surface area contributed by atoms with E-state index in [0.29, 0.717) is 24.5 Å². The van der Waals surface area contributed by atoms with Crippen LogP contribution >= 0.6 is 0 Å². The highest BCUT2D eigenvalue weighted by Gasteiger charge is 2.14. The van der Waals surface area contributed by atoms with Crippen molar-refractivity contribution in [2.75, 3.05) is 11.9 Å². The summed E-state index contributed by atoms with van der Waals surface area (Å²) in [7, 11) is 1.81. The van der Waals surface area contributed by atoms with Crippen LogP contribution in [0.15, 0.2) is 53.3 Å². The molecule has 3 aromatic rings. The van der Waals surface area contributed by atoms with Gasteiger partial charge in [0, 0.05) is 25.7 Å². The normalized spacial score (nSPS) is 10.8. The van der Waals surface area contributed by atoms with E-state index in [-0.39, 0.29) is 5.56 Å². The fourth-order valence-electron chi connectivity index (χ4n) is 2.91. The molecule has 2 aromatic carbocycles. The number of para-hydroxylation sites is 2. The van der Waals surface area contributed by atoms with E-state index in [1.54, 1.807) is 27.7 Å². The van der Waals surface area contributed by atoms with Crippen LogP contribution < -0.4 is 16.2 Å². The molecule has 0 aliphatic rings. The number of carbonyl (C=O) groups is 1. The van der Waals surface area contributed by atoms with Gasteiger partial charge in [-0.2, -0.15) is 0 Å². The number of fused-ring (bicyclic) bond motifs is 1. The van der Waals surface area contributed by atoms with Gasteiger partial charge >= 0.3 is 0 Å². The minimum absolute atomic E-state index is 0.130. The van der Waals surface area contributed by atoms with Gasteiger partial charge in [-0.05, 0) is 36.8 Å². The number of amides is 1. The highest BCUT2D eigenvalue weighted by Crippen LogP contribution is 2.16. The molecule has 0 saturated carbocycles. The van der Waals surface area contributed by atoms with Gasteiger partial charge < -0.3 is 15.2 Å². The molecule has 0 unspecified atom stereocenters. The molecule has 6 nitrogen and oxygen atoms in total. The van der Waals surface area contributed by atoms with Crippen LogP contribution in [0.2, 0.25) is 0 Å². The standard InChI is InChI=1S/C19H20N4O2/c1-3-23-16-10-5-4-9-15(16)21-18(19(23)25)22(2)12-13-7-6-8-14(11-13)17(20)24/h4-11H,3,12H2,1-2H3,(H2,20,24). The van der Waals surface area contributed by atoms with Crippen molar-refractivity contribution in [3.05, 3.63) is 70.0 Å². The van der Waals surface area contributed by atoms with Crippen LogP contribution in [0.25, 0.3) is 11.0 Å². The SMILES string of the molecule is CCn1c(=O)c(N(C)Cc2cccc(C(N)=O)c2)nc2ccccc21. The lowest BCUT2D eigenvalue weighted by molar-refractivity contribution is 0.1000. The third kappa shape index (κ3) is 3.24. The zero-order chi connectivity index (χ0) is 18.0. The lowest BCUT2D eigenvalue weighted by Crippen LogP contribution is -2.30. The second kappa shape index (κ2) is 6.76. The topological polar surface area (TPSA) is 81.2 Å². The molecule has 0 bridgehead atoms. The van der Waals surface area contributed by atoms with Crippen LogP contribution in [0.5, 0.6) is 0 Å². The van der Waals surface area contributed by atoms with Gasteiger partial charge in [0.05, 0.1) is 11.0 Å². The van der Waals surface area contributed by atoms with E-state index >= 15 is 0 Å². The number of carbonyl (C=O) groups excluding carboxylic acids is 1. The molecule has 0 atom stereocenters. The largest absolute Gasteiger partial charge is 0.366 e. The van der Waals surface area contributed by atoms with Crippen molar-refractivity contribution >= 4 is 22.8 Å². The van der Waals surface area contributed by atoms with Crippen molar-refractivity contribution in [2.45, 2.75) is 20.0 Å². The molecular formula is C19H20N4O2. The maximum atomic E-state index is 12.8. The van der Waals surface area contributed by atoms with E-state index in [1.807, 2.05) is 44.3 Å². The van der Waals surface area contributed by atoms with E-state index in [1.165, 1.54) is 0 Å². The van der Waals surface area contributed by atoms with Gasteiger partial charge in [0.25, 0.3) is 5.56 Å². The van der Waals surface area contributed by atoms with Gasteiger partial charge in [-0.3, -0.25) is 9.59 Å². The number of nitrogens with two attached hydrogens (primary N) is 1. The molecular weight excluding hydrogens is 316 g/mol.